The van der Waals surface area contributed by atoms with Gasteiger partial charge in [0.2, 0.25) is 0 Å². The monoisotopic (exact) mass is 404 g/mol. The van der Waals surface area contributed by atoms with Crippen LogP contribution in [0.5, 0.6) is 5.75 Å². The lowest BCUT2D eigenvalue weighted by Gasteiger charge is -2.19. The second-order valence-electron chi connectivity index (χ2n) is 5.96. The summed E-state index contributed by atoms with van der Waals surface area (Å²) in [6.45, 7) is 2.23. The van der Waals surface area contributed by atoms with Crippen LogP contribution < -0.4 is 4.52 Å². The van der Waals surface area contributed by atoms with Crippen LogP contribution in [0.1, 0.15) is 29.5 Å². The molecule has 0 aliphatic carbocycles. The highest BCUT2D eigenvalue weighted by Crippen LogP contribution is 2.45. The molecular formula is C21H19ClFO3P. The fourth-order valence-electron chi connectivity index (χ4n) is 2.70. The summed E-state index contributed by atoms with van der Waals surface area (Å²) >= 11 is 6.17. The van der Waals surface area contributed by atoms with E-state index in [4.69, 9.17) is 20.6 Å². The minimum atomic E-state index is -2.19. The van der Waals surface area contributed by atoms with Gasteiger partial charge >= 0.3 is 8.60 Å². The first-order chi connectivity index (χ1) is 13.2. The van der Waals surface area contributed by atoms with E-state index in [9.17, 15) is 4.53 Å². The standard InChI is InChI=1S/C21H19ClFO3P/c1-16(18-10-6-3-7-11-18)20-14-19(22)12-13-21(20)25-27(26-23)24-15-17-8-4-2-5-9-17/h2-14,16H,15H2,1H3. The summed E-state index contributed by atoms with van der Waals surface area (Å²) in [7, 11) is -2.19. The van der Waals surface area contributed by atoms with Gasteiger partial charge in [-0.05, 0) is 33.9 Å². The Balaban J connectivity index is 1.77. The Morgan fingerprint density at radius 3 is 2.30 bits per heavy atom. The molecule has 0 aromatic heterocycles. The van der Waals surface area contributed by atoms with Crippen molar-refractivity contribution >= 4 is 20.2 Å². The molecule has 0 bridgehead atoms. The van der Waals surface area contributed by atoms with Crippen molar-refractivity contribution in [1.82, 2.24) is 0 Å². The zero-order valence-corrected chi connectivity index (χ0v) is 16.4. The van der Waals surface area contributed by atoms with Crippen molar-refractivity contribution in [3.05, 3.63) is 101 Å². The highest BCUT2D eigenvalue weighted by atomic mass is 35.5. The number of halogens is 2. The van der Waals surface area contributed by atoms with E-state index < -0.39 is 8.60 Å². The van der Waals surface area contributed by atoms with Crippen LogP contribution in [-0.4, -0.2) is 0 Å². The molecular weight excluding hydrogens is 386 g/mol. The molecule has 3 aromatic rings. The first-order valence-corrected chi connectivity index (χ1v) is 9.92. The first-order valence-electron chi connectivity index (χ1n) is 8.45. The molecule has 3 rings (SSSR count). The van der Waals surface area contributed by atoms with Gasteiger partial charge in [0.25, 0.3) is 0 Å². The van der Waals surface area contributed by atoms with Crippen molar-refractivity contribution in [2.75, 3.05) is 0 Å². The van der Waals surface area contributed by atoms with Gasteiger partial charge in [-0.15, -0.1) is 0 Å². The van der Waals surface area contributed by atoms with E-state index in [-0.39, 0.29) is 12.5 Å². The summed E-state index contributed by atoms with van der Waals surface area (Å²) in [5, 5.41) is 0.579. The molecule has 27 heavy (non-hydrogen) atoms. The van der Waals surface area contributed by atoms with Crippen LogP contribution in [-0.2, 0) is 15.9 Å². The third-order valence-electron chi connectivity index (χ3n) is 4.15. The summed E-state index contributed by atoms with van der Waals surface area (Å²) in [5.74, 6) is 0.484. The predicted molar refractivity (Wildman–Crippen MR) is 106 cm³/mol. The lowest BCUT2D eigenvalue weighted by molar-refractivity contribution is -0.0266. The van der Waals surface area contributed by atoms with Crippen LogP contribution in [0.15, 0.2) is 78.9 Å². The SMILES string of the molecule is CC(c1ccccc1)c1cc(Cl)ccc1OP(OF)OCc1ccccc1. The third-order valence-corrected chi connectivity index (χ3v) is 5.18. The van der Waals surface area contributed by atoms with Gasteiger partial charge < -0.3 is 4.52 Å². The smallest absolute Gasteiger partial charge is 0.425 e. The molecule has 0 amide bonds. The van der Waals surface area contributed by atoms with Gasteiger partial charge in [-0.1, -0.05) is 83.9 Å². The molecule has 3 aromatic carbocycles. The fourth-order valence-corrected chi connectivity index (χ4v) is 3.59. The number of benzene rings is 3. The van der Waals surface area contributed by atoms with Crippen molar-refractivity contribution in [2.45, 2.75) is 19.4 Å². The maximum Gasteiger partial charge on any atom is 0.431 e. The Labute approximate surface area is 164 Å². The average molecular weight is 405 g/mol. The lowest BCUT2D eigenvalue weighted by atomic mass is 9.92. The molecule has 0 aliphatic heterocycles. The van der Waals surface area contributed by atoms with E-state index in [1.165, 1.54) is 0 Å². The summed E-state index contributed by atoms with van der Waals surface area (Å²) < 4.78 is 28.1. The zero-order chi connectivity index (χ0) is 19.1. The van der Waals surface area contributed by atoms with E-state index >= 15 is 0 Å². The van der Waals surface area contributed by atoms with Crippen molar-refractivity contribution in [3.8, 4) is 5.75 Å². The van der Waals surface area contributed by atoms with Crippen LogP contribution >= 0.6 is 20.2 Å². The predicted octanol–water partition coefficient (Wildman–Crippen LogP) is 7.22. The van der Waals surface area contributed by atoms with E-state index in [0.29, 0.717) is 10.8 Å². The van der Waals surface area contributed by atoms with Gasteiger partial charge in [0.15, 0.2) is 0 Å². The molecule has 0 aliphatic rings. The summed E-state index contributed by atoms with van der Waals surface area (Å²) in [4.78, 5) is 0. The maximum absolute atomic E-state index is 13.0. The molecule has 140 valence electrons. The van der Waals surface area contributed by atoms with Gasteiger partial charge in [0.1, 0.15) is 5.75 Å². The Morgan fingerprint density at radius 2 is 1.63 bits per heavy atom. The largest absolute Gasteiger partial charge is 0.431 e. The van der Waals surface area contributed by atoms with E-state index in [0.717, 1.165) is 16.7 Å². The van der Waals surface area contributed by atoms with Crippen LogP contribution in [0.2, 0.25) is 5.02 Å². The molecule has 0 saturated heterocycles. The van der Waals surface area contributed by atoms with E-state index in [1.54, 1.807) is 12.1 Å². The summed E-state index contributed by atoms with van der Waals surface area (Å²) in [6, 6.07) is 24.6. The van der Waals surface area contributed by atoms with Gasteiger partial charge in [0, 0.05) is 16.5 Å². The van der Waals surface area contributed by atoms with Crippen LogP contribution in [0.25, 0.3) is 0 Å². The zero-order valence-electron chi connectivity index (χ0n) is 14.7. The van der Waals surface area contributed by atoms with Crippen molar-refractivity contribution < 1.29 is 18.3 Å². The van der Waals surface area contributed by atoms with Crippen molar-refractivity contribution in [1.29, 1.82) is 0 Å². The quantitative estimate of drug-likeness (QED) is 0.371. The molecule has 0 spiro atoms. The van der Waals surface area contributed by atoms with Gasteiger partial charge in [-0.2, -0.15) is 0 Å². The third kappa shape index (κ3) is 5.50. The number of rotatable bonds is 8. The highest BCUT2D eigenvalue weighted by Gasteiger charge is 2.21. The van der Waals surface area contributed by atoms with Crippen LogP contribution in [0.4, 0.5) is 4.53 Å². The summed E-state index contributed by atoms with van der Waals surface area (Å²) in [5.41, 5.74) is 2.83. The minimum absolute atomic E-state index is 0.00508. The molecule has 2 unspecified atom stereocenters. The van der Waals surface area contributed by atoms with E-state index in [1.807, 2.05) is 73.7 Å². The van der Waals surface area contributed by atoms with Gasteiger partial charge in [-0.25, -0.2) is 0 Å². The van der Waals surface area contributed by atoms with Crippen LogP contribution in [0, 0.1) is 0 Å². The first kappa shape index (κ1) is 19.8. The minimum Gasteiger partial charge on any atom is -0.425 e. The normalized spacial score (nSPS) is 13.1. The molecule has 0 N–H and O–H groups in total. The maximum atomic E-state index is 13.0. The molecule has 0 radical (unpaired) electrons. The lowest BCUT2D eigenvalue weighted by Crippen LogP contribution is -2.01. The Bertz CT molecular complexity index is 849. The molecule has 2 atom stereocenters. The Hall–Kier alpha value is -1.97. The number of hydrogen-bond donors (Lipinski definition) is 0. The topological polar surface area (TPSA) is 27.7 Å². The van der Waals surface area contributed by atoms with Gasteiger partial charge in [-0.3, -0.25) is 4.52 Å². The number of hydrogen-bond acceptors (Lipinski definition) is 3. The van der Waals surface area contributed by atoms with Gasteiger partial charge in [0.05, 0.1) is 6.61 Å². The second kappa shape index (κ2) is 9.82. The molecule has 3 nitrogen and oxygen atoms in total. The molecule has 0 heterocycles. The molecule has 0 saturated carbocycles. The summed E-state index contributed by atoms with van der Waals surface area (Å²) in [6.07, 6.45) is 0. The molecule has 6 heteroatoms. The van der Waals surface area contributed by atoms with Crippen molar-refractivity contribution in [2.24, 2.45) is 0 Å². The average Bonchev–Trinajstić information content (AvgIpc) is 2.73. The Morgan fingerprint density at radius 1 is 0.963 bits per heavy atom. The van der Waals surface area contributed by atoms with Crippen LogP contribution in [0.3, 0.4) is 0 Å². The van der Waals surface area contributed by atoms with Crippen molar-refractivity contribution in [3.63, 3.8) is 0 Å². The molecule has 0 fully saturated rings. The van der Waals surface area contributed by atoms with E-state index in [2.05, 4.69) is 4.73 Å². The highest BCUT2D eigenvalue weighted by molar-refractivity contribution is 7.42. The second-order valence-corrected chi connectivity index (χ2v) is 7.42. The Kier molecular flexibility index (Phi) is 7.19. The fraction of sp³-hybridized carbons (Fsp3) is 0.143.